The summed E-state index contributed by atoms with van der Waals surface area (Å²) in [6.07, 6.45) is 12.0. The Morgan fingerprint density at radius 2 is 1.75 bits per heavy atom. The van der Waals surface area contributed by atoms with Gasteiger partial charge in [0, 0.05) is 25.7 Å². The quantitative estimate of drug-likeness (QED) is 0.784. The van der Waals surface area contributed by atoms with Crippen LogP contribution in [0.1, 0.15) is 58.3 Å². The molecule has 0 aromatic heterocycles. The van der Waals surface area contributed by atoms with Crippen LogP contribution in [-0.4, -0.2) is 49.3 Å². The number of nitrogens with zero attached hydrogens (tertiary/aromatic N) is 1. The average molecular weight is 280 g/mol. The standard InChI is InChI=1S/C17H32N2O/c1-2-10-18-17-7-5-3-4-6-14(17)11-19-12-15-8-9-16(13-19)20-15/h14-18H,2-13H2,1H3. The largest absolute Gasteiger partial charge is 0.372 e. The molecule has 1 N–H and O–H groups in total. The van der Waals surface area contributed by atoms with Crippen molar-refractivity contribution in [1.82, 2.24) is 10.2 Å². The number of likely N-dealkylation sites (tertiary alicyclic amines) is 1. The highest BCUT2D eigenvalue weighted by molar-refractivity contribution is 4.88. The second-order valence-corrected chi connectivity index (χ2v) is 7.13. The molecular weight excluding hydrogens is 248 g/mol. The Hall–Kier alpha value is -0.120. The van der Waals surface area contributed by atoms with Crippen LogP contribution in [0.15, 0.2) is 0 Å². The molecule has 2 heterocycles. The van der Waals surface area contributed by atoms with Crippen molar-refractivity contribution >= 4 is 0 Å². The van der Waals surface area contributed by atoms with Gasteiger partial charge in [0.2, 0.25) is 0 Å². The van der Waals surface area contributed by atoms with E-state index in [0.717, 1.165) is 12.0 Å². The first kappa shape index (κ1) is 14.8. The SMILES string of the molecule is CCCNC1CCCCCC1CN1CC2CCC(C1)O2. The molecule has 2 saturated heterocycles. The zero-order valence-corrected chi connectivity index (χ0v) is 13.2. The summed E-state index contributed by atoms with van der Waals surface area (Å²) < 4.78 is 5.98. The van der Waals surface area contributed by atoms with Crippen molar-refractivity contribution in [1.29, 1.82) is 0 Å². The third kappa shape index (κ3) is 3.75. The number of hydrogen-bond donors (Lipinski definition) is 1. The van der Waals surface area contributed by atoms with Crippen molar-refractivity contribution < 1.29 is 4.74 Å². The fraction of sp³-hybridized carbons (Fsp3) is 1.00. The molecule has 0 aromatic rings. The molecule has 2 aliphatic heterocycles. The van der Waals surface area contributed by atoms with Gasteiger partial charge in [0.25, 0.3) is 0 Å². The molecule has 0 radical (unpaired) electrons. The van der Waals surface area contributed by atoms with E-state index in [9.17, 15) is 0 Å². The predicted molar refractivity (Wildman–Crippen MR) is 83.0 cm³/mol. The lowest BCUT2D eigenvalue weighted by Gasteiger charge is -2.36. The zero-order chi connectivity index (χ0) is 13.8. The Bertz CT molecular complexity index is 285. The van der Waals surface area contributed by atoms with Crippen LogP contribution in [0, 0.1) is 5.92 Å². The first-order chi connectivity index (χ1) is 9.85. The van der Waals surface area contributed by atoms with Crippen LogP contribution in [0.4, 0.5) is 0 Å². The molecule has 0 aromatic carbocycles. The van der Waals surface area contributed by atoms with Crippen molar-refractivity contribution in [3.63, 3.8) is 0 Å². The maximum Gasteiger partial charge on any atom is 0.0707 e. The normalized spacial score (nSPS) is 38.9. The summed E-state index contributed by atoms with van der Waals surface area (Å²) >= 11 is 0. The van der Waals surface area contributed by atoms with E-state index in [1.54, 1.807) is 0 Å². The van der Waals surface area contributed by atoms with Gasteiger partial charge >= 0.3 is 0 Å². The summed E-state index contributed by atoms with van der Waals surface area (Å²) in [6, 6.07) is 0.762. The first-order valence-corrected chi connectivity index (χ1v) is 8.96. The number of fused-ring (bicyclic) bond motifs is 2. The first-order valence-electron chi connectivity index (χ1n) is 8.96. The second-order valence-electron chi connectivity index (χ2n) is 7.13. The summed E-state index contributed by atoms with van der Waals surface area (Å²) in [4.78, 5) is 2.71. The highest BCUT2D eigenvalue weighted by Crippen LogP contribution is 2.29. The Labute approximate surface area is 124 Å². The summed E-state index contributed by atoms with van der Waals surface area (Å²) in [7, 11) is 0. The summed E-state index contributed by atoms with van der Waals surface area (Å²) in [6.45, 7) is 7.15. The van der Waals surface area contributed by atoms with E-state index in [2.05, 4.69) is 17.1 Å². The summed E-state index contributed by atoms with van der Waals surface area (Å²) in [5.41, 5.74) is 0. The Balaban J connectivity index is 1.54. The second kappa shape index (κ2) is 7.24. The molecule has 3 rings (SSSR count). The van der Waals surface area contributed by atoms with E-state index >= 15 is 0 Å². The number of nitrogens with one attached hydrogen (secondary N) is 1. The van der Waals surface area contributed by atoms with Crippen molar-refractivity contribution in [2.24, 2.45) is 5.92 Å². The Kier molecular flexibility index (Phi) is 5.36. The summed E-state index contributed by atoms with van der Waals surface area (Å²) in [5.74, 6) is 0.863. The molecule has 2 bridgehead atoms. The van der Waals surface area contributed by atoms with Gasteiger partial charge in [-0.3, -0.25) is 4.90 Å². The third-order valence-corrected chi connectivity index (χ3v) is 5.43. The van der Waals surface area contributed by atoms with E-state index in [1.165, 1.54) is 77.5 Å². The van der Waals surface area contributed by atoms with Crippen LogP contribution in [0.2, 0.25) is 0 Å². The van der Waals surface area contributed by atoms with Crippen molar-refractivity contribution in [3.05, 3.63) is 0 Å². The molecule has 1 aliphatic carbocycles. The van der Waals surface area contributed by atoms with Crippen LogP contribution in [-0.2, 0) is 4.74 Å². The van der Waals surface area contributed by atoms with Crippen LogP contribution >= 0.6 is 0 Å². The third-order valence-electron chi connectivity index (χ3n) is 5.43. The van der Waals surface area contributed by atoms with Crippen LogP contribution in [0.25, 0.3) is 0 Å². The van der Waals surface area contributed by atoms with E-state index in [1.807, 2.05) is 0 Å². The molecule has 0 spiro atoms. The fourth-order valence-electron chi connectivity index (χ4n) is 4.38. The van der Waals surface area contributed by atoms with Crippen molar-refractivity contribution in [3.8, 4) is 0 Å². The lowest BCUT2D eigenvalue weighted by Crippen LogP contribution is -2.48. The van der Waals surface area contributed by atoms with Crippen LogP contribution in [0.3, 0.4) is 0 Å². The average Bonchev–Trinajstić information content (AvgIpc) is 2.66. The number of morpholine rings is 1. The van der Waals surface area contributed by atoms with Crippen LogP contribution in [0.5, 0.6) is 0 Å². The molecule has 0 amide bonds. The molecule has 4 unspecified atom stereocenters. The smallest absolute Gasteiger partial charge is 0.0707 e. The number of rotatable bonds is 5. The number of hydrogen-bond acceptors (Lipinski definition) is 3. The molecule has 116 valence electrons. The van der Waals surface area contributed by atoms with Gasteiger partial charge in [-0.1, -0.05) is 26.2 Å². The zero-order valence-electron chi connectivity index (χ0n) is 13.2. The van der Waals surface area contributed by atoms with Gasteiger partial charge in [0.15, 0.2) is 0 Å². The van der Waals surface area contributed by atoms with E-state index < -0.39 is 0 Å². The molecule has 3 fully saturated rings. The van der Waals surface area contributed by atoms with Gasteiger partial charge in [0.05, 0.1) is 12.2 Å². The molecular formula is C17H32N2O. The highest BCUT2D eigenvalue weighted by Gasteiger charge is 2.35. The Morgan fingerprint density at radius 3 is 2.50 bits per heavy atom. The van der Waals surface area contributed by atoms with Crippen molar-refractivity contribution in [2.75, 3.05) is 26.2 Å². The lowest BCUT2D eigenvalue weighted by molar-refractivity contribution is -0.0442. The Morgan fingerprint density at radius 1 is 1.00 bits per heavy atom. The van der Waals surface area contributed by atoms with E-state index in [4.69, 9.17) is 4.74 Å². The number of ether oxygens (including phenoxy) is 1. The van der Waals surface area contributed by atoms with Gasteiger partial charge in [0.1, 0.15) is 0 Å². The topological polar surface area (TPSA) is 24.5 Å². The summed E-state index contributed by atoms with van der Waals surface area (Å²) in [5, 5.41) is 3.83. The predicted octanol–water partition coefficient (Wildman–Crippen LogP) is 2.80. The van der Waals surface area contributed by atoms with Gasteiger partial charge in [-0.25, -0.2) is 0 Å². The minimum absolute atomic E-state index is 0.543. The van der Waals surface area contributed by atoms with Gasteiger partial charge < -0.3 is 10.1 Å². The minimum Gasteiger partial charge on any atom is -0.372 e. The maximum atomic E-state index is 5.98. The molecule has 20 heavy (non-hydrogen) atoms. The van der Waals surface area contributed by atoms with Crippen molar-refractivity contribution in [2.45, 2.75) is 76.5 Å². The van der Waals surface area contributed by atoms with E-state index in [-0.39, 0.29) is 0 Å². The fourth-order valence-corrected chi connectivity index (χ4v) is 4.38. The van der Waals surface area contributed by atoms with E-state index in [0.29, 0.717) is 12.2 Å². The minimum atomic E-state index is 0.543. The van der Waals surface area contributed by atoms with Crippen LogP contribution < -0.4 is 5.32 Å². The molecule has 3 heteroatoms. The highest BCUT2D eigenvalue weighted by atomic mass is 16.5. The molecule has 1 saturated carbocycles. The van der Waals surface area contributed by atoms with Gasteiger partial charge in [-0.2, -0.15) is 0 Å². The van der Waals surface area contributed by atoms with Gasteiger partial charge in [-0.05, 0) is 44.6 Å². The molecule has 4 atom stereocenters. The lowest BCUT2D eigenvalue weighted by atomic mass is 9.93. The van der Waals surface area contributed by atoms with Gasteiger partial charge in [-0.15, -0.1) is 0 Å². The molecule has 3 aliphatic rings. The molecule has 3 nitrogen and oxygen atoms in total. The maximum absolute atomic E-state index is 5.98. The monoisotopic (exact) mass is 280 g/mol.